The van der Waals surface area contributed by atoms with Gasteiger partial charge in [0.15, 0.2) is 0 Å². The second-order valence-corrected chi connectivity index (χ2v) is 11.4. The number of carbonyl (C=O) groups excluding carboxylic acids is 1. The fourth-order valence-corrected chi connectivity index (χ4v) is 5.84. The largest absolute Gasteiger partial charge is 0.494 e. The number of ether oxygens (including phenoxy) is 1. The third kappa shape index (κ3) is 6.44. The second-order valence-electron chi connectivity index (χ2n) is 8.66. The van der Waals surface area contributed by atoms with Crippen LogP contribution in [0.15, 0.2) is 112 Å². The van der Waals surface area contributed by atoms with Crippen LogP contribution in [0.3, 0.4) is 0 Å². The molecule has 6 nitrogen and oxygen atoms in total. The molecule has 4 aromatic rings. The molecule has 0 radical (unpaired) electrons. The summed E-state index contributed by atoms with van der Waals surface area (Å²) in [6.07, 6.45) is 0. The maximum Gasteiger partial charge on any atom is 0.264 e. The standard InChI is InChI=1S/C30H29BrN2O4S/c1-3-37-26-17-15-25(16-18-26)33(38(35,36)27-19-13-24(31)14-20-27)21-29(34)32-30(23-10-5-4-6-11-23)28-12-8-7-9-22(28)2/h4-20,30H,3,21H2,1-2H3,(H,32,34)/t30-/m1/s1. The lowest BCUT2D eigenvalue weighted by atomic mass is 9.95. The van der Waals surface area contributed by atoms with Crippen LogP contribution >= 0.6 is 15.9 Å². The highest BCUT2D eigenvalue weighted by Crippen LogP contribution is 2.28. The van der Waals surface area contributed by atoms with E-state index in [4.69, 9.17) is 4.74 Å². The molecule has 0 bridgehead atoms. The Morgan fingerprint density at radius 1 is 0.895 bits per heavy atom. The summed E-state index contributed by atoms with van der Waals surface area (Å²) in [6.45, 7) is 3.95. The third-order valence-corrected chi connectivity index (χ3v) is 8.38. The molecule has 0 aromatic heterocycles. The first-order valence-electron chi connectivity index (χ1n) is 12.2. The maximum absolute atomic E-state index is 13.8. The average molecular weight is 594 g/mol. The summed E-state index contributed by atoms with van der Waals surface area (Å²) in [5.74, 6) is 0.182. The monoisotopic (exact) mass is 592 g/mol. The Balaban J connectivity index is 1.69. The molecule has 1 amide bonds. The smallest absolute Gasteiger partial charge is 0.264 e. The number of sulfonamides is 1. The highest BCUT2D eigenvalue weighted by molar-refractivity contribution is 9.10. The predicted octanol–water partition coefficient (Wildman–Crippen LogP) is 6.26. The minimum absolute atomic E-state index is 0.0842. The van der Waals surface area contributed by atoms with Crippen LogP contribution in [-0.4, -0.2) is 27.5 Å². The molecule has 0 aliphatic rings. The molecular weight excluding hydrogens is 564 g/mol. The first kappa shape index (κ1) is 27.4. The molecule has 8 heteroatoms. The molecule has 1 atom stereocenters. The Morgan fingerprint density at radius 3 is 2.16 bits per heavy atom. The van der Waals surface area contributed by atoms with Gasteiger partial charge < -0.3 is 10.1 Å². The van der Waals surface area contributed by atoms with E-state index >= 15 is 0 Å². The zero-order valence-electron chi connectivity index (χ0n) is 21.2. The van der Waals surface area contributed by atoms with Gasteiger partial charge in [-0.3, -0.25) is 9.10 Å². The maximum atomic E-state index is 13.8. The number of aryl methyl sites for hydroxylation is 1. The predicted molar refractivity (Wildman–Crippen MR) is 154 cm³/mol. The normalized spacial score (nSPS) is 12.0. The zero-order chi connectivity index (χ0) is 27.1. The SMILES string of the molecule is CCOc1ccc(N(CC(=O)N[C@H](c2ccccc2)c2ccccc2C)S(=O)(=O)c2ccc(Br)cc2)cc1. The van der Waals surface area contributed by atoms with E-state index in [1.165, 1.54) is 12.1 Å². The van der Waals surface area contributed by atoms with Crippen molar-refractivity contribution in [2.24, 2.45) is 0 Å². The van der Waals surface area contributed by atoms with Crippen molar-refractivity contribution >= 4 is 37.5 Å². The molecule has 196 valence electrons. The number of nitrogens with one attached hydrogen (secondary N) is 1. The Morgan fingerprint density at radius 2 is 1.53 bits per heavy atom. The lowest BCUT2D eigenvalue weighted by Crippen LogP contribution is -2.42. The van der Waals surface area contributed by atoms with E-state index < -0.39 is 28.5 Å². The van der Waals surface area contributed by atoms with Crippen LogP contribution in [0.1, 0.15) is 29.7 Å². The van der Waals surface area contributed by atoms with Gasteiger partial charge in [-0.1, -0.05) is 70.5 Å². The van der Waals surface area contributed by atoms with Crippen molar-refractivity contribution in [1.29, 1.82) is 0 Å². The molecule has 4 rings (SSSR count). The summed E-state index contributed by atoms with van der Waals surface area (Å²) in [6, 6.07) is 30.0. The zero-order valence-corrected chi connectivity index (χ0v) is 23.6. The third-order valence-electron chi connectivity index (χ3n) is 6.06. The van der Waals surface area contributed by atoms with Gasteiger partial charge in [0.1, 0.15) is 12.3 Å². The summed E-state index contributed by atoms with van der Waals surface area (Å²) in [4.78, 5) is 13.6. The number of hydrogen-bond acceptors (Lipinski definition) is 4. The van der Waals surface area contributed by atoms with E-state index in [0.717, 1.165) is 25.5 Å². The number of halogens is 1. The molecule has 0 aliphatic heterocycles. The van der Waals surface area contributed by atoms with Crippen molar-refractivity contribution in [3.63, 3.8) is 0 Å². The van der Waals surface area contributed by atoms with E-state index in [2.05, 4.69) is 21.2 Å². The molecule has 4 aromatic carbocycles. The molecule has 0 fully saturated rings. The fraction of sp³-hybridized carbons (Fsp3) is 0.167. The van der Waals surface area contributed by atoms with Crippen LogP contribution in [0.25, 0.3) is 0 Å². The van der Waals surface area contributed by atoms with Crippen LogP contribution in [0.5, 0.6) is 5.75 Å². The van der Waals surface area contributed by atoms with Crippen molar-refractivity contribution in [1.82, 2.24) is 5.32 Å². The molecule has 0 aliphatic carbocycles. The number of benzene rings is 4. The molecule has 0 saturated carbocycles. The molecule has 0 unspecified atom stereocenters. The van der Waals surface area contributed by atoms with Crippen molar-refractivity contribution in [2.75, 3.05) is 17.5 Å². The van der Waals surface area contributed by atoms with E-state index in [0.29, 0.717) is 18.0 Å². The summed E-state index contributed by atoms with van der Waals surface area (Å²) in [5.41, 5.74) is 3.22. The summed E-state index contributed by atoms with van der Waals surface area (Å²) in [5, 5.41) is 3.08. The number of anilines is 1. The second kappa shape index (κ2) is 12.3. The molecular formula is C30H29BrN2O4S. The van der Waals surface area contributed by atoms with Gasteiger partial charge in [0, 0.05) is 4.47 Å². The van der Waals surface area contributed by atoms with Gasteiger partial charge in [0.2, 0.25) is 5.91 Å². The number of carbonyl (C=O) groups is 1. The van der Waals surface area contributed by atoms with Gasteiger partial charge in [-0.25, -0.2) is 8.42 Å². The van der Waals surface area contributed by atoms with Gasteiger partial charge in [-0.15, -0.1) is 0 Å². The quantitative estimate of drug-likeness (QED) is 0.236. The summed E-state index contributed by atoms with van der Waals surface area (Å²) < 4.78 is 34.9. The Labute approximate surface area is 232 Å². The van der Waals surface area contributed by atoms with Gasteiger partial charge >= 0.3 is 0 Å². The van der Waals surface area contributed by atoms with E-state index in [1.807, 2.05) is 68.4 Å². The average Bonchev–Trinajstić information content (AvgIpc) is 2.92. The van der Waals surface area contributed by atoms with E-state index in [9.17, 15) is 13.2 Å². The van der Waals surface area contributed by atoms with Crippen molar-refractivity contribution in [2.45, 2.75) is 24.8 Å². The minimum atomic E-state index is -4.05. The lowest BCUT2D eigenvalue weighted by molar-refractivity contribution is -0.120. The van der Waals surface area contributed by atoms with E-state index in [1.54, 1.807) is 36.4 Å². The first-order valence-corrected chi connectivity index (χ1v) is 14.4. The van der Waals surface area contributed by atoms with Gasteiger partial charge in [0.05, 0.1) is 23.2 Å². The minimum Gasteiger partial charge on any atom is -0.494 e. The van der Waals surface area contributed by atoms with Crippen LogP contribution in [0, 0.1) is 6.92 Å². The van der Waals surface area contributed by atoms with Crippen molar-refractivity contribution < 1.29 is 17.9 Å². The Hall–Kier alpha value is -3.62. The van der Waals surface area contributed by atoms with Crippen LogP contribution < -0.4 is 14.4 Å². The van der Waals surface area contributed by atoms with Gasteiger partial charge in [0.25, 0.3) is 10.0 Å². The number of hydrogen-bond donors (Lipinski definition) is 1. The fourth-order valence-electron chi connectivity index (χ4n) is 4.16. The van der Waals surface area contributed by atoms with Gasteiger partial charge in [-0.2, -0.15) is 0 Å². The Kier molecular flexibility index (Phi) is 8.86. The highest BCUT2D eigenvalue weighted by atomic mass is 79.9. The van der Waals surface area contributed by atoms with Crippen LogP contribution in [0.2, 0.25) is 0 Å². The van der Waals surface area contributed by atoms with Crippen molar-refractivity contribution in [3.05, 3.63) is 124 Å². The molecule has 0 saturated heterocycles. The van der Waals surface area contributed by atoms with Crippen molar-refractivity contribution in [3.8, 4) is 5.75 Å². The summed E-state index contributed by atoms with van der Waals surface area (Å²) in [7, 11) is -4.05. The Bertz CT molecular complexity index is 1480. The number of nitrogens with zero attached hydrogens (tertiary/aromatic N) is 1. The topological polar surface area (TPSA) is 75.7 Å². The molecule has 1 N–H and O–H groups in total. The lowest BCUT2D eigenvalue weighted by Gasteiger charge is -2.27. The number of amides is 1. The molecule has 0 spiro atoms. The molecule has 38 heavy (non-hydrogen) atoms. The summed E-state index contributed by atoms with van der Waals surface area (Å²) >= 11 is 3.35. The first-order chi connectivity index (χ1) is 18.3. The van der Waals surface area contributed by atoms with Crippen LogP contribution in [-0.2, 0) is 14.8 Å². The van der Waals surface area contributed by atoms with Crippen LogP contribution in [0.4, 0.5) is 5.69 Å². The van der Waals surface area contributed by atoms with E-state index in [-0.39, 0.29) is 4.90 Å². The number of rotatable bonds is 10. The molecule has 0 heterocycles. The highest BCUT2D eigenvalue weighted by Gasteiger charge is 2.29. The van der Waals surface area contributed by atoms with Gasteiger partial charge in [-0.05, 0) is 79.1 Å².